The Morgan fingerprint density at radius 1 is 1.17 bits per heavy atom. The number of carbonyl (C=O) groups excluding carboxylic acids is 1. The fourth-order valence-corrected chi connectivity index (χ4v) is 3.61. The third-order valence-corrected chi connectivity index (χ3v) is 5.52. The third kappa shape index (κ3) is 4.82. The van der Waals surface area contributed by atoms with Crippen molar-refractivity contribution in [3.63, 3.8) is 0 Å². The number of aromatic nitrogens is 5. The quantitative estimate of drug-likeness (QED) is 0.408. The van der Waals surface area contributed by atoms with Gasteiger partial charge in [-0.25, -0.2) is 15.0 Å². The highest BCUT2D eigenvalue weighted by atomic mass is 16.5. The van der Waals surface area contributed by atoms with Gasteiger partial charge in [-0.05, 0) is 44.8 Å². The lowest BCUT2D eigenvalue weighted by Gasteiger charge is -2.15. The van der Waals surface area contributed by atoms with Crippen LogP contribution in [0.4, 0.5) is 11.6 Å². The number of rotatable bonds is 7. The molecular formula is C25H28N8O2. The van der Waals surface area contributed by atoms with E-state index in [0.29, 0.717) is 40.7 Å². The number of amides is 1. The number of methoxy groups -OCH3 is 1. The smallest absolute Gasteiger partial charge is 0.251 e. The van der Waals surface area contributed by atoms with E-state index in [0.717, 1.165) is 16.9 Å². The maximum atomic E-state index is 12.6. The number of likely N-dealkylation sites (N-methyl/N-ethyl adjacent to an activating group) is 2. The first-order valence-electron chi connectivity index (χ1n) is 11.0. The molecule has 4 aromatic rings. The van der Waals surface area contributed by atoms with Crippen LogP contribution in [0.15, 0.2) is 54.9 Å². The highest BCUT2D eigenvalue weighted by molar-refractivity contribution is 6.01. The van der Waals surface area contributed by atoms with Gasteiger partial charge in [-0.3, -0.25) is 9.69 Å². The molecule has 1 aromatic carbocycles. The summed E-state index contributed by atoms with van der Waals surface area (Å²) in [6.07, 6.45) is 4.74. The molecule has 0 radical (unpaired) electrons. The molecule has 10 nitrogen and oxygen atoms in total. The zero-order chi connectivity index (χ0) is 25.1. The number of nitrogens with zero attached hydrogens (tertiary/aromatic N) is 7. The summed E-state index contributed by atoms with van der Waals surface area (Å²) in [4.78, 5) is 29.3. The van der Waals surface area contributed by atoms with Gasteiger partial charge in [0.2, 0.25) is 0 Å². The minimum absolute atomic E-state index is 0.180. The SMILES string of the molecule is COc1cc(-c2nn(-c3cccc(N(C)C(=O)/C=C/CN(C)C)n3)c3ncnc(N)c23)ccc1C. The Balaban J connectivity index is 1.78. The van der Waals surface area contributed by atoms with Crippen molar-refractivity contribution in [3.8, 4) is 22.8 Å². The van der Waals surface area contributed by atoms with Gasteiger partial charge in [0.25, 0.3) is 5.91 Å². The Morgan fingerprint density at radius 2 is 1.97 bits per heavy atom. The number of aryl methyl sites for hydroxylation is 1. The molecule has 3 heterocycles. The number of benzene rings is 1. The van der Waals surface area contributed by atoms with Crippen LogP contribution in [-0.2, 0) is 4.79 Å². The predicted molar refractivity (Wildman–Crippen MR) is 137 cm³/mol. The van der Waals surface area contributed by atoms with Crippen molar-refractivity contribution in [2.75, 3.05) is 45.4 Å². The summed E-state index contributed by atoms with van der Waals surface area (Å²) < 4.78 is 7.10. The summed E-state index contributed by atoms with van der Waals surface area (Å²) >= 11 is 0. The lowest BCUT2D eigenvalue weighted by molar-refractivity contribution is -0.113. The summed E-state index contributed by atoms with van der Waals surface area (Å²) in [7, 11) is 7.19. The van der Waals surface area contributed by atoms with Gasteiger partial charge in [0.1, 0.15) is 29.4 Å². The van der Waals surface area contributed by atoms with Crippen LogP contribution in [0.3, 0.4) is 0 Å². The highest BCUT2D eigenvalue weighted by Gasteiger charge is 2.20. The lowest BCUT2D eigenvalue weighted by atomic mass is 10.1. The Bertz CT molecular complexity index is 1410. The Labute approximate surface area is 203 Å². The van der Waals surface area contributed by atoms with Crippen molar-refractivity contribution >= 4 is 28.6 Å². The summed E-state index contributed by atoms with van der Waals surface area (Å²) in [5.74, 6) is 1.84. The second-order valence-corrected chi connectivity index (χ2v) is 8.32. The maximum Gasteiger partial charge on any atom is 0.251 e. The number of nitrogen functional groups attached to an aromatic ring is 1. The molecule has 0 aliphatic heterocycles. The van der Waals surface area contributed by atoms with E-state index >= 15 is 0 Å². The van der Waals surface area contributed by atoms with Gasteiger partial charge in [-0.2, -0.15) is 9.78 Å². The standard InChI is InChI=1S/C25H28N8O2/c1-16-11-12-17(14-18(16)35-5)23-22-24(26)27-15-28-25(22)33(30-23)20-9-6-8-19(29-20)32(4)21(34)10-7-13-31(2)3/h6-12,14-15H,13H2,1-5H3,(H2,26,27,28)/b10-7+. The van der Waals surface area contributed by atoms with Crippen LogP contribution in [0, 0.1) is 6.92 Å². The average Bonchev–Trinajstić information content (AvgIpc) is 3.24. The third-order valence-electron chi connectivity index (χ3n) is 5.52. The molecule has 0 spiro atoms. The van der Waals surface area contributed by atoms with Crippen LogP contribution in [0.1, 0.15) is 5.56 Å². The number of ether oxygens (including phenoxy) is 1. The average molecular weight is 473 g/mol. The van der Waals surface area contributed by atoms with Crippen LogP contribution in [0.2, 0.25) is 0 Å². The molecule has 4 rings (SSSR count). The molecule has 0 saturated carbocycles. The number of pyridine rings is 1. The van der Waals surface area contributed by atoms with Crippen LogP contribution in [-0.4, -0.2) is 70.3 Å². The highest BCUT2D eigenvalue weighted by Crippen LogP contribution is 2.34. The van der Waals surface area contributed by atoms with Crippen LogP contribution < -0.4 is 15.4 Å². The van der Waals surface area contributed by atoms with Gasteiger partial charge >= 0.3 is 0 Å². The van der Waals surface area contributed by atoms with Gasteiger partial charge in [0, 0.05) is 25.2 Å². The molecule has 35 heavy (non-hydrogen) atoms. The molecule has 0 aliphatic rings. The molecule has 0 aliphatic carbocycles. The first kappa shape index (κ1) is 23.8. The number of fused-ring (bicyclic) bond motifs is 1. The molecule has 0 atom stereocenters. The predicted octanol–water partition coefficient (Wildman–Crippen LogP) is 2.86. The molecule has 3 aromatic heterocycles. The Kier molecular flexibility index (Phi) is 6.74. The van der Waals surface area contributed by atoms with Gasteiger partial charge < -0.3 is 15.4 Å². The fourth-order valence-electron chi connectivity index (χ4n) is 3.61. The molecule has 10 heteroatoms. The molecule has 0 unspecified atom stereocenters. The largest absolute Gasteiger partial charge is 0.496 e. The first-order chi connectivity index (χ1) is 16.8. The van der Waals surface area contributed by atoms with E-state index in [1.54, 1.807) is 31.0 Å². The Hall–Kier alpha value is -4.31. The normalized spacial score (nSPS) is 11.5. The van der Waals surface area contributed by atoms with Crippen molar-refractivity contribution < 1.29 is 9.53 Å². The van der Waals surface area contributed by atoms with E-state index in [2.05, 4.69) is 15.0 Å². The zero-order valence-electron chi connectivity index (χ0n) is 20.4. The minimum Gasteiger partial charge on any atom is -0.496 e. The fraction of sp³-hybridized carbons (Fsp3) is 0.240. The summed E-state index contributed by atoms with van der Waals surface area (Å²) in [5.41, 5.74) is 9.19. The summed E-state index contributed by atoms with van der Waals surface area (Å²) in [6.45, 7) is 2.64. The van der Waals surface area contributed by atoms with Crippen molar-refractivity contribution in [1.82, 2.24) is 29.6 Å². The van der Waals surface area contributed by atoms with E-state index in [1.807, 2.05) is 56.3 Å². The molecule has 0 bridgehead atoms. The number of anilines is 2. The monoisotopic (exact) mass is 472 g/mol. The van der Waals surface area contributed by atoms with Gasteiger partial charge in [-0.1, -0.05) is 24.3 Å². The summed E-state index contributed by atoms with van der Waals surface area (Å²) in [6, 6.07) is 11.2. The number of carbonyl (C=O) groups is 1. The van der Waals surface area contributed by atoms with Crippen LogP contribution in [0.5, 0.6) is 5.75 Å². The zero-order valence-corrected chi connectivity index (χ0v) is 20.4. The van der Waals surface area contributed by atoms with Gasteiger partial charge in [0.15, 0.2) is 11.5 Å². The molecule has 0 fully saturated rings. The molecule has 180 valence electrons. The van der Waals surface area contributed by atoms with E-state index < -0.39 is 0 Å². The topological polar surface area (TPSA) is 115 Å². The summed E-state index contributed by atoms with van der Waals surface area (Å²) in [5, 5.41) is 5.42. The number of nitrogens with two attached hydrogens (primary N) is 1. The second kappa shape index (κ2) is 9.90. The van der Waals surface area contributed by atoms with E-state index in [1.165, 1.54) is 17.3 Å². The number of hydrogen-bond donors (Lipinski definition) is 1. The molecule has 1 amide bonds. The van der Waals surface area contributed by atoms with Crippen molar-refractivity contribution in [1.29, 1.82) is 0 Å². The number of hydrogen-bond acceptors (Lipinski definition) is 8. The van der Waals surface area contributed by atoms with Gasteiger partial charge in [-0.15, -0.1) is 0 Å². The minimum atomic E-state index is -0.180. The Morgan fingerprint density at radius 3 is 2.71 bits per heavy atom. The van der Waals surface area contributed by atoms with Crippen LogP contribution >= 0.6 is 0 Å². The second-order valence-electron chi connectivity index (χ2n) is 8.32. The van der Waals surface area contributed by atoms with Crippen molar-refractivity contribution in [2.24, 2.45) is 0 Å². The van der Waals surface area contributed by atoms with E-state index in [9.17, 15) is 4.79 Å². The molecule has 0 saturated heterocycles. The molecular weight excluding hydrogens is 444 g/mol. The van der Waals surface area contributed by atoms with Gasteiger partial charge in [0.05, 0.1) is 12.5 Å². The van der Waals surface area contributed by atoms with Crippen molar-refractivity contribution in [2.45, 2.75) is 6.92 Å². The van der Waals surface area contributed by atoms with E-state index in [4.69, 9.17) is 15.6 Å². The van der Waals surface area contributed by atoms with E-state index in [-0.39, 0.29) is 5.91 Å². The maximum absolute atomic E-state index is 12.6. The molecule has 2 N–H and O–H groups in total. The van der Waals surface area contributed by atoms with Crippen LogP contribution in [0.25, 0.3) is 28.1 Å². The lowest BCUT2D eigenvalue weighted by Crippen LogP contribution is -2.25. The van der Waals surface area contributed by atoms with Crippen molar-refractivity contribution in [3.05, 3.63) is 60.4 Å². The first-order valence-corrected chi connectivity index (χ1v) is 11.0.